The van der Waals surface area contributed by atoms with Crippen molar-refractivity contribution in [2.24, 2.45) is 12.0 Å². The minimum Gasteiger partial charge on any atom is -0.459 e. The van der Waals surface area contributed by atoms with Gasteiger partial charge in [0.25, 0.3) is 5.91 Å². The van der Waals surface area contributed by atoms with E-state index in [1.807, 2.05) is 23.6 Å². The second-order valence-corrected chi connectivity index (χ2v) is 6.43. The van der Waals surface area contributed by atoms with Crippen LogP contribution >= 0.6 is 0 Å². The maximum absolute atomic E-state index is 12.4. The van der Waals surface area contributed by atoms with Crippen LogP contribution in [0.2, 0.25) is 0 Å². The Kier molecular flexibility index (Phi) is 5.29. The zero-order valence-corrected chi connectivity index (χ0v) is 15.8. The molecule has 26 heavy (non-hydrogen) atoms. The molecule has 0 saturated carbocycles. The first kappa shape index (κ1) is 18.0. The van der Waals surface area contributed by atoms with Crippen LogP contribution in [0.25, 0.3) is 0 Å². The van der Waals surface area contributed by atoms with E-state index in [1.165, 1.54) is 11.8 Å². The summed E-state index contributed by atoms with van der Waals surface area (Å²) in [5.41, 5.74) is 3.38. The van der Waals surface area contributed by atoms with Gasteiger partial charge >= 0.3 is 0 Å². The maximum atomic E-state index is 12.4. The smallest absolute Gasteiger partial charge is 0.289 e. The predicted molar refractivity (Wildman–Crippen MR) is 99.1 cm³/mol. The van der Waals surface area contributed by atoms with E-state index in [2.05, 4.69) is 27.2 Å². The summed E-state index contributed by atoms with van der Waals surface area (Å²) in [6, 6.07) is 3.44. The lowest BCUT2D eigenvalue weighted by Crippen LogP contribution is -2.53. The normalized spacial score (nSPS) is 15.5. The highest BCUT2D eigenvalue weighted by Gasteiger charge is 2.25. The fourth-order valence-electron chi connectivity index (χ4n) is 3.25. The van der Waals surface area contributed by atoms with E-state index < -0.39 is 0 Å². The number of hydrogen-bond acceptors (Lipinski definition) is 4. The van der Waals surface area contributed by atoms with E-state index >= 15 is 0 Å². The Bertz CT molecular complexity index is 785. The van der Waals surface area contributed by atoms with Crippen LogP contribution in [0, 0.1) is 13.8 Å². The summed E-state index contributed by atoms with van der Waals surface area (Å²) in [6.45, 7) is 7.53. The molecular weight excluding hydrogens is 332 g/mol. The van der Waals surface area contributed by atoms with E-state index in [0.717, 1.165) is 30.4 Å². The molecule has 0 unspecified atom stereocenters. The van der Waals surface area contributed by atoms with Crippen LogP contribution in [0.4, 0.5) is 0 Å². The first-order valence-electron chi connectivity index (χ1n) is 8.78. The van der Waals surface area contributed by atoms with Gasteiger partial charge in [-0.15, -0.1) is 0 Å². The van der Waals surface area contributed by atoms with E-state index in [4.69, 9.17) is 4.42 Å². The third-order valence-corrected chi connectivity index (χ3v) is 4.89. The van der Waals surface area contributed by atoms with Gasteiger partial charge in [-0.3, -0.25) is 14.5 Å². The van der Waals surface area contributed by atoms with Gasteiger partial charge in [0.1, 0.15) is 0 Å². The SMILES string of the molecule is CN=C(NCc1c(C)nn(C)c1C)N1CCN(C(=O)c2ccco2)CC1. The summed E-state index contributed by atoms with van der Waals surface area (Å²) in [5, 5.41) is 7.87. The van der Waals surface area contributed by atoms with Gasteiger partial charge in [0.05, 0.1) is 12.0 Å². The monoisotopic (exact) mass is 358 g/mol. The molecule has 2 aromatic rings. The third kappa shape index (κ3) is 3.58. The number of furan rings is 1. The molecule has 0 radical (unpaired) electrons. The Balaban J connectivity index is 1.56. The van der Waals surface area contributed by atoms with Crippen LogP contribution in [0.5, 0.6) is 0 Å². The Morgan fingerprint density at radius 3 is 2.50 bits per heavy atom. The van der Waals surface area contributed by atoms with Crippen LogP contribution < -0.4 is 5.32 Å². The highest BCUT2D eigenvalue weighted by Crippen LogP contribution is 2.12. The van der Waals surface area contributed by atoms with Crippen molar-refractivity contribution >= 4 is 11.9 Å². The summed E-state index contributed by atoms with van der Waals surface area (Å²) in [5.74, 6) is 1.18. The number of piperazine rings is 1. The Hall–Kier alpha value is -2.77. The first-order chi connectivity index (χ1) is 12.5. The van der Waals surface area contributed by atoms with Gasteiger partial charge in [0.2, 0.25) is 0 Å². The predicted octanol–water partition coefficient (Wildman–Crippen LogP) is 1.16. The summed E-state index contributed by atoms with van der Waals surface area (Å²) >= 11 is 0. The molecule has 1 amide bonds. The molecule has 0 atom stereocenters. The molecule has 8 nitrogen and oxygen atoms in total. The number of hydrogen-bond donors (Lipinski definition) is 1. The molecule has 0 bridgehead atoms. The molecule has 1 saturated heterocycles. The molecule has 2 aromatic heterocycles. The van der Waals surface area contributed by atoms with E-state index in [1.54, 1.807) is 19.2 Å². The second-order valence-electron chi connectivity index (χ2n) is 6.43. The van der Waals surface area contributed by atoms with Crippen molar-refractivity contribution in [2.45, 2.75) is 20.4 Å². The van der Waals surface area contributed by atoms with Crippen LogP contribution in [0.1, 0.15) is 27.5 Å². The second kappa shape index (κ2) is 7.63. The molecule has 3 rings (SSSR count). The number of guanidine groups is 1. The van der Waals surface area contributed by atoms with E-state index in [-0.39, 0.29) is 5.91 Å². The van der Waals surface area contributed by atoms with Gasteiger partial charge < -0.3 is 19.5 Å². The molecule has 8 heteroatoms. The minimum absolute atomic E-state index is 0.0563. The van der Waals surface area contributed by atoms with E-state index in [9.17, 15) is 4.79 Å². The van der Waals surface area contributed by atoms with Crippen LogP contribution in [0.15, 0.2) is 27.8 Å². The molecule has 1 fully saturated rings. The minimum atomic E-state index is -0.0563. The van der Waals surface area contributed by atoms with Gasteiger partial charge in [-0.05, 0) is 26.0 Å². The zero-order chi connectivity index (χ0) is 18.7. The number of aryl methyl sites for hydroxylation is 2. The Morgan fingerprint density at radius 1 is 1.27 bits per heavy atom. The molecule has 0 spiro atoms. The lowest BCUT2D eigenvalue weighted by Gasteiger charge is -2.36. The van der Waals surface area contributed by atoms with Gasteiger partial charge in [-0.1, -0.05) is 0 Å². The van der Waals surface area contributed by atoms with Crippen molar-refractivity contribution in [2.75, 3.05) is 33.2 Å². The highest BCUT2D eigenvalue weighted by molar-refractivity contribution is 5.91. The first-order valence-corrected chi connectivity index (χ1v) is 8.78. The lowest BCUT2D eigenvalue weighted by atomic mass is 10.2. The highest BCUT2D eigenvalue weighted by atomic mass is 16.3. The molecule has 1 N–H and O–H groups in total. The molecule has 1 aliphatic heterocycles. The van der Waals surface area contributed by atoms with Gasteiger partial charge in [0, 0.05) is 58.1 Å². The number of carbonyl (C=O) groups is 1. The van der Waals surface area contributed by atoms with Gasteiger partial charge in [-0.25, -0.2) is 0 Å². The number of nitrogens with zero attached hydrogens (tertiary/aromatic N) is 5. The molecule has 3 heterocycles. The van der Waals surface area contributed by atoms with E-state index in [0.29, 0.717) is 25.4 Å². The lowest BCUT2D eigenvalue weighted by molar-refractivity contribution is 0.0657. The number of aromatic nitrogens is 2. The average molecular weight is 358 g/mol. The number of amides is 1. The molecule has 140 valence electrons. The van der Waals surface area contributed by atoms with Crippen molar-refractivity contribution in [3.63, 3.8) is 0 Å². The van der Waals surface area contributed by atoms with Crippen molar-refractivity contribution in [1.82, 2.24) is 24.9 Å². The van der Waals surface area contributed by atoms with Crippen LogP contribution in [-0.4, -0.2) is 64.7 Å². The van der Waals surface area contributed by atoms with Gasteiger partial charge in [-0.2, -0.15) is 5.10 Å². The zero-order valence-electron chi connectivity index (χ0n) is 15.8. The summed E-state index contributed by atoms with van der Waals surface area (Å²) < 4.78 is 7.10. The maximum Gasteiger partial charge on any atom is 0.289 e. The fourth-order valence-corrected chi connectivity index (χ4v) is 3.25. The van der Waals surface area contributed by atoms with Crippen molar-refractivity contribution in [3.8, 4) is 0 Å². The third-order valence-electron chi connectivity index (χ3n) is 4.89. The van der Waals surface area contributed by atoms with Crippen LogP contribution in [-0.2, 0) is 13.6 Å². The van der Waals surface area contributed by atoms with Crippen molar-refractivity contribution < 1.29 is 9.21 Å². The average Bonchev–Trinajstić information content (AvgIpc) is 3.26. The summed E-state index contributed by atoms with van der Waals surface area (Å²) in [7, 11) is 3.74. The molecule has 0 aromatic carbocycles. The molecule has 0 aliphatic carbocycles. The standard InChI is InChI=1S/C18H26N6O2/c1-13-15(14(2)22(4)21-13)12-20-18(19-3)24-9-7-23(8-10-24)17(25)16-6-5-11-26-16/h5-6,11H,7-10,12H2,1-4H3,(H,19,20). The number of aliphatic imine (C=N–C) groups is 1. The number of rotatable bonds is 3. The topological polar surface area (TPSA) is 78.9 Å². The summed E-state index contributed by atoms with van der Waals surface area (Å²) in [4.78, 5) is 20.7. The number of carbonyl (C=O) groups excluding carboxylic acids is 1. The van der Waals surface area contributed by atoms with Gasteiger partial charge in [0.15, 0.2) is 11.7 Å². The number of nitrogens with one attached hydrogen (secondary N) is 1. The largest absolute Gasteiger partial charge is 0.459 e. The van der Waals surface area contributed by atoms with Crippen molar-refractivity contribution in [1.29, 1.82) is 0 Å². The quantitative estimate of drug-likeness (QED) is 0.658. The Morgan fingerprint density at radius 2 is 1.96 bits per heavy atom. The molecule has 1 aliphatic rings. The summed E-state index contributed by atoms with van der Waals surface area (Å²) in [6.07, 6.45) is 1.53. The fraction of sp³-hybridized carbons (Fsp3) is 0.500. The molecular formula is C18H26N6O2. The Labute approximate surface area is 153 Å². The van der Waals surface area contributed by atoms with Crippen molar-refractivity contribution in [3.05, 3.63) is 41.1 Å². The van der Waals surface area contributed by atoms with Crippen LogP contribution in [0.3, 0.4) is 0 Å².